The third kappa shape index (κ3) is 4.23. The highest BCUT2D eigenvalue weighted by molar-refractivity contribution is 5.96. The Labute approximate surface area is 154 Å². The maximum atomic E-state index is 12.5. The molecule has 26 heavy (non-hydrogen) atoms. The molecule has 5 nitrogen and oxygen atoms in total. The van der Waals surface area contributed by atoms with E-state index in [0.29, 0.717) is 24.3 Å². The van der Waals surface area contributed by atoms with Gasteiger partial charge >= 0.3 is 6.03 Å². The minimum absolute atomic E-state index is 0.0104. The van der Waals surface area contributed by atoms with Gasteiger partial charge in [-0.2, -0.15) is 0 Å². The molecule has 2 aromatic rings. The van der Waals surface area contributed by atoms with Crippen LogP contribution in [0, 0.1) is 0 Å². The zero-order valence-corrected chi connectivity index (χ0v) is 15.4. The molecule has 1 fully saturated rings. The summed E-state index contributed by atoms with van der Waals surface area (Å²) in [6, 6.07) is 15.6. The number of Topliss-reactive ketones (excluding diaryl/α,β-unsaturated/α-hetero) is 1. The van der Waals surface area contributed by atoms with Gasteiger partial charge < -0.3 is 15.1 Å². The Bertz CT molecular complexity index is 778. The van der Waals surface area contributed by atoms with E-state index in [0.717, 1.165) is 19.5 Å². The van der Waals surface area contributed by atoms with E-state index in [9.17, 15) is 9.59 Å². The number of amides is 2. The summed E-state index contributed by atoms with van der Waals surface area (Å²) in [5.41, 5.74) is 3.79. The van der Waals surface area contributed by atoms with Crippen molar-refractivity contribution in [1.82, 2.24) is 4.90 Å². The molecule has 1 aliphatic heterocycles. The van der Waals surface area contributed by atoms with E-state index in [1.807, 2.05) is 4.90 Å². The predicted molar refractivity (Wildman–Crippen MR) is 105 cm³/mol. The highest BCUT2D eigenvalue weighted by Gasteiger charge is 2.21. The number of anilines is 2. The van der Waals surface area contributed by atoms with Gasteiger partial charge in [0.2, 0.25) is 0 Å². The van der Waals surface area contributed by atoms with Gasteiger partial charge in [0.15, 0.2) is 5.78 Å². The molecule has 3 rings (SSSR count). The molecule has 0 atom stereocenters. The Morgan fingerprint density at radius 2 is 1.69 bits per heavy atom. The molecule has 0 radical (unpaired) electrons. The van der Waals surface area contributed by atoms with Crippen molar-refractivity contribution in [1.29, 1.82) is 0 Å². The summed E-state index contributed by atoms with van der Waals surface area (Å²) in [7, 11) is 0. The summed E-state index contributed by atoms with van der Waals surface area (Å²) >= 11 is 0. The second kappa shape index (κ2) is 8.04. The third-order valence-corrected chi connectivity index (χ3v) is 4.80. The van der Waals surface area contributed by atoms with E-state index in [4.69, 9.17) is 0 Å². The van der Waals surface area contributed by atoms with Crippen LogP contribution in [0.3, 0.4) is 0 Å². The predicted octanol–water partition coefficient (Wildman–Crippen LogP) is 3.81. The normalized spacial score (nSPS) is 14.2. The van der Waals surface area contributed by atoms with Gasteiger partial charge in [-0.25, -0.2) is 4.79 Å². The summed E-state index contributed by atoms with van der Waals surface area (Å²) in [4.78, 5) is 28.1. The Morgan fingerprint density at radius 3 is 2.31 bits per heavy atom. The van der Waals surface area contributed by atoms with Crippen molar-refractivity contribution in [2.75, 3.05) is 36.4 Å². The maximum Gasteiger partial charge on any atom is 0.321 e. The molecule has 0 unspecified atom stereocenters. The number of hydrogen-bond acceptors (Lipinski definition) is 3. The number of ketones is 1. The monoisotopic (exact) mass is 351 g/mol. The van der Waals surface area contributed by atoms with E-state index in [2.05, 4.69) is 41.4 Å². The molecule has 1 aliphatic rings. The van der Waals surface area contributed by atoms with Gasteiger partial charge in [0.25, 0.3) is 0 Å². The topological polar surface area (TPSA) is 52.6 Å². The molecule has 136 valence electrons. The Hall–Kier alpha value is -2.82. The first kappa shape index (κ1) is 18.0. The van der Waals surface area contributed by atoms with Crippen molar-refractivity contribution in [3.8, 4) is 0 Å². The second-order valence-electron chi connectivity index (χ2n) is 6.56. The van der Waals surface area contributed by atoms with Crippen molar-refractivity contribution in [3.63, 3.8) is 0 Å². The lowest BCUT2D eigenvalue weighted by Gasteiger charge is -2.36. The van der Waals surface area contributed by atoms with Crippen LogP contribution in [0.2, 0.25) is 0 Å². The first-order valence-electron chi connectivity index (χ1n) is 9.07. The van der Waals surface area contributed by atoms with Crippen LogP contribution >= 0.6 is 0 Å². The Kier molecular flexibility index (Phi) is 5.56. The lowest BCUT2D eigenvalue weighted by molar-refractivity contribution is 0.101. The molecule has 1 saturated heterocycles. The number of carbonyl (C=O) groups is 2. The zero-order valence-electron chi connectivity index (χ0n) is 15.4. The van der Waals surface area contributed by atoms with Gasteiger partial charge in [0.1, 0.15) is 0 Å². The molecule has 5 heteroatoms. The van der Waals surface area contributed by atoms with Gasteiger partial charge in [-0.1, -0.05) is 31.2 Å². The largest absolute Gasteiger partial charge is 0.368 e. The van der Waals surface area contributed by atoms with Crippen LogP contribution in [0.1, 0.15) is 29.8 Å². The van der Waals surface area contributed by atoms with Crippen LogP contribution in [0.4, 0.5) is 16.2 Å². The molecule has 2 amide bonds. The lowest BCUT2D eigenvalue weighted by Crippen LogP contribution is -2.50. The molecule has 0 spiro atoms. The molecular weight excluding hydrogens is 326 g/mol. The Balaban J connectivity index is 1.56. The van der Waals surface area contributed by atoms with E-state index in [-0.39, 0.29) is 11.8 Å². The minimum Gasteiger partial charge on any atom is -0.368 e. The first-order chi connectivity index (χ1) is 12.6. The number of urea groups is 1. The van der Waals surface area contributed by atoms with Crippen molar-refractivity contribution in [2.45, 2.75) is 20.3 Å². The van der Waals surface area contributed by atoms with Crippen LogP contribution in [-0.4, -0.2) is 42.9 Å². The summed E-state index contributed by atoms with van der Waals surface area (Å²) in [6.07, 6.45) is 1.04. The van der Waals surface area contributed by atoms with Gasteiger partial charge in [-0.3, -0.25) is 4.79 Å². The number of piperazine rings is 1. The number of aryl methyl sites for hydroxylation is 1. The lowest BCUT2D eigenvalue weighted by atomic mass is 10.1. The zero-order chi connectivity index (χ0) is 18.5. The maximum absolute atomic E-state index is 12.5. The number of nitrogens with zero attached hydrogens (tertiary/aromatic N) is 2. The number of hydrogen-bond donors (Lipinski definition) is 1. The van der Waals surface area contributed by atoms with Crippen molar-refractivity contribution >= 4 is 23.2 Å². The molecule has 1 N–H and O–H groups in total. The molecule has 0 aromatic heterocycles. The smallest absolute Gasteiger partial charge is 0.321 e. The molecule has 1 heterocycles. The molecule has 0 bridgehead atoms. The summed E-state index contributed by atoms with van der Waals surface area (Å²) in [5, 5.41) is 2.89. The molecule has 2 aromatic carbocycles. The van der Waals surface area contributed by atoms with Crippen molar-refractivity contribution in [2.24, 2.45) is 0 Å². The van der Waals surface area contributed by atoms with Crippen LogP contribution in [0.25, 0.3) is 0 Å². The standard InChI is InChI=1S/C21H25N3O2/c1-3-17-7-9-20(10-8-17)23-11-13-24(14-12-23)21(26)22-19-6-4-5-18(15-19)16(2)25/h4-10,15H,3,11-14H2,1-2H3,(H,22,26). The average Bonchev–Trinajstić information content (AvgIpc) is 2.68. The van der Waals surface area contributed by atoms with E-state index < -0.39 is 0 Å². The highest BCUT2D eigenvalue weighted by Crippen LogP contribution is 2.18. The quantitative estimate of drug-likeness (QED) is 0.853. The summed E-state index contributed by atoms with van der Waals surface area (Å²) in [6.45, 7) is 6.64. The van der Waals surface area contributed by atoms with E-state index in [1.54, 1.807) is 24.3 Å². The number of benzene rings is 2. The van der Waals surface area contributed by atoms with Crippen LogP contribution in [0.5, 0.6) is 0 Å². The molecular formula is C21H25N3O2. The van der Waals surface area contributed by atoms with Gasteiger partial charge in [0, 0.05) is 43.1 Å². The summed E-state index contributed by atoms with van der Waals surface area (Å²) in [5.74, 6) is -0.0104. The fraction of sp³-hybridized carbons (Fsp3) is 0.333. The summed E-state index contributed by atoms with van der Waals surface area (Å²) < 4.78 is 0. The first-order valence-corrected chi connectivity index (χ1v) is 9.07. The average molecular weight is 351 g/mol. The van der Waals surface area contributed by atoms with E-state index >= 15 is 0 Å². The second-order valence-corrected chi connectivity index (χ2v) is 6.56. The fourth-order valence-corrected chi connectivity index (χ4v) is 3.13. The fourth-order valence-electron chi connectivity index (χ4n) is 3.13. The number of carbonyl (C=O) groups excluding carboxylic acids is 2. The van der Waals surface area contributed by atoms with Crippen LogP contribution in [0.15, 0.2) is 48.5 Å². The van der Waals surface area contributed by atoms with E-state index in [1.165, 1.54) is 18.2 Å². The SMILES string of the molecule is CCc1ccc(N2CCN(C(=O)Nc3cccc(C(C)=O)c3)CC2)cc1. The molecule has 0 aliphatic carbocycles. The van der Waals surface area contributed by atoms with Crippen LogP contribution < -0.4 is 10.2 Å². The number of rotatable bonds is 4. The number of nitrogens with one attached hydrogen (secondary N) is 1. The van der Waals surface area contributed by atoms with Crippen molar-refractivity contribution in [3.05, 3.63) is 59.7 Å². The third-order valence-electron chi connectivity index (χ3n) is 4.80. The van der Waals surface area contributed by atoms with Gasteiger partial charge in [-0.05, 0) is 43.2 Å². The van der Waals surface area contributed by atoms with Gasteiger partial charge in [-0.15, -0.1) is 0 Å². The van der Waals surface area contributed by atoms with Crippen LogP contribution in [-0.2, 0) is 6.42 Å². The highest BCUT2D eigenvalue weighted by atomic mass is 16.2. The molecule has 0 saturated carbocycles. The van der Waals surface area contributed by atoms with Gasteiger partial charge in [0.05, 0.1) is 0 Å². The van der Waals surface area contributed by atoms with Crippen molar-refractivity contribution < 1.29 is 9.59 Å². The minimum atomic E-state index is -0.119. The Morgan fingerprint density at radius 1 is 1.00 bits per heavy atom.